The molecule has 3 aromatic carbocycles. The molecule has 220 valence electrons. The fourth-order valence-electron chi connectivity index (χ4n) is 4.14. The minimum Gasteiger partial charge on any atom is -0.350 e. The molecular weight excluding hydrogens is 605 g/mol. The first kappa shape index (κ1) is 32.7. The van der Waals surface area contributed by atoms with Crippen molar-refractivity contribution in [2.75, 3.05) is 10.8 Å². The monoisotopic (exact) mass is 637 g/mol. The van der Waals surface area contributed by atoms with E-state index < -0.39 is 40.0 Å². The minimum absolute atomic E-state index is 0.0241. The van der Waals surface area contributed by atoms with Gasteiger partial charge in [-0.2, -0.15) is 0 Å². The quantitative estimate of drug-likeness (QED) is 0.280. The molecule has 11 heteroatoms. The number of aryl methyl sites for hydroxylation is 2. The van der Waals surface area contributed by atoms with Gasteiger partial charge in [-0.15, -0.1) is 0 Å². The molecule has 1 N–H and O–H groups in total. The molecule has 1 unspecified atom stereocenters. The van der Waals surface area contributed by atoms with Crippen molar-refractivity contribution in [2.45, 2.75) is 64.6 Å². The van der Waals surface area contributed by atoms with Gasteiger partial charge in [0.15, 0.2) is 0 Å². The lowest BCUT2D eigenvalue weighted by Gasteiger charge is -2.34. The van der Waals surface area contributed by atoms with Crippen LogP contribution >= 0.6 is 34.8 Å². The van der Waals surface area contributed by atoms with Gasteiger partial charge in [0, 0.05) is 27.2 Å². The number of carbonyl (C=O) groups excluding carboxylic acids is 2. The number of carbonyl (C=O) groups is 2. The highest BCUT2D eigenvalue weighted by Gasteiger charge is 2.34. The molecular formula is C30H34Cl3N3O4S. The molecule has 3 aromatic rings. The van der Waals surface area contributed by atoms with Gasteiger partial charge in [0.05, 0.1) is 10.6 Å². The zero-order valence-electron chi connectivity index (χ0n) is 23.8. The molecule has 0 saturated carbocycles. The molecule has 0 radical (unpaired) electrons. The van der Waals surface area contributed by atoms with E-state index in [0.717, 1.165) is 9.87 Å². The van der Waals surface area contributed by atoms with Crippen molar-refractivity contribution in [3.63, 3.8) is 0 Å². The number of benzene rings is 3. The summed E-state index contributed by atoms with van der Waals surface area (Å²) in [6, 6.07) is 15.0. The number of nitrogens with zero attached hydrogens (tertiary/aromatic N) is 2. The van der Waals surface area contributed by atoms with Gasteiger partial charge in [-0.25, -0.2) is 8.42 Å². The molecule has 7 nitrogen and oxygen atoms in total. The summed E-state index contributed by atoms with van der Waals surface area (Å²) in [6.45, 7) is 10.0. The van der Waals surface area contributed by atoms with Crippen LogP contribution in [0.3, 0.4) is 0 Å². The summed E-state index contributed by atoms with van der Waals surface area (Å²) >= 11 is 18.7. The normalized spacial score (nSPS) is 12.5. The summed E-state index contributed by atoms with van der Waals surface area (Å²) in [7, 11) is -4.20. The van der Waals surface area contributed by atoms with E-state index in [0.29, 0.717) is 31.9 Å². The zero-order chi connectivity index (χ0) is 30.7. The topological polar surface area (TPSA) is 86.8 Å². The molecule has 1 atom stereocenters. The number of halogens is 3. The lowest BCUT2D eigenvalue weighted by molar-refractivity contribution is -0.140. The molecule has 0 aromatic heterocycles. The largest absolute Gasteiger partial charge is 0.350 e. The maximum atomic E-state index is 14.1. The molecule has 0 aliphatic rings. The standard InChI is InChI=1S/C30H34Cl3N3O4S/c1-19-7-12-25(13-8-19)41(39,40)36(27-14-11-23(31)15-20(27)2)18-28(37)35(21(3)29(38)34-30(4,5)6)17-22-9-10-24(32)16-26(22)33/h7-16,21H,17-18H2,1-6H3,(H,34,38). The van der Waals surface area contributed by atoms with E-state index in [2.05, 4.69) is 5.32 Å². The van der Waals surface area contributed by atoms with Crippen LogP contribution in [0.15, 0.2) is 65.6 Å². The molecule has 0 bridgehead atoms. The van der Waals surface area contributed by atoms with Crippen LogP contribution in [0.5, 0.6) is 0 Å². The minimum atomic E-state index is -4.20. The van der Waals surface area contributed by atoms with Crippen molar-refractivity contribution in [3.8, 4) is 0 Å². The first-order valence-electron chi connectivity index (χ1n) is 12.9. The van der Waals surface area contributed by atoms with Crippen LogP contribution in [0.25, 0.3) is 0 Å². The second kappa shape index (κ2) is 13.0. The number of sulfonamides is 1. The molecule has 0 aliphatic heterocycles. The Balaban J connectivity index is 2.10. The van der Waals surface area contributed by atoms with Crippen molar-refractivity contribution < 1.29 is 18.0 Å². The van der Waals surface area contributed by atoms with E-state index in [4.69, 9.17) is 34.8 Å². The number of amides is 2. The molecule has 0 fully saturated rings. The summed E-state index contributed by atoms with van der Waals surface area (Å²) in [5.41, 5.74) is 1.74. The average molecular weight is 639 g/mol. The van der Waals surface area contributed by atoms with Crippen molar-refractivity contribution in [3.05, 3.63) is 92.4 Å². The van der Waals surface area contributed by atoms with Gasteiger partial charge in [0.2, 0.25) is 11.8 Å². The van der Waals surface area contributed by atoms with Gasteiger partial charge in [-0.05, 0) is 95.1 Å². The van der Waals surface area contributed by atoms with Gasteiger partial charge in [0.25, 0.3) is 10.0 Å². The van der Waals surface area contributed by atoms with Crippen LogP contribution in [0, 0.1) is 13.8 Å². The van der Waals surface area contributed by atoms with Crippen molar-refractivity contribution in [1.29, 1.82) is 0 Å². The van der Waals surface area contributed by atoms with Gasteiger partial charge >= 0.3 is 0 Å². The highest BCUT2D eigenvalue weighted by molar-refractivity contribution is 7.92. The van der Waals surface area contributed by atoms with E-state index in [1.165, 1.54) is 17.0 Å². The average Bonchev–Trinajstić information content (AvgIpc) is 2.86. The molecule has 0 saturated heterocycles. The molecule has 2 amide bonds. The number of nitrogens with one attached hydrogen (secondary N) is 1. The SMILES string of the molecule is Cc1ccc(S(=O)(=O)N(CC(=O)N(Cc2ccc(Cl)cc2Cl)C(C)C(=O)NC(C)(C)C)c2ccc(Cl)cc2C)cc1. The second-order valence-corrected chi connectivity index (χ2v) is 14.1. The summed E-state index contributed by atoms with van der Waals surface area (Å²) in [5.74, 6) is -0.996. The Morgan fingerprint density at radius 2 is 1.49 bits per heavy atom. The van der Waals surface area contributed by atoms with Crippen molar-refractivity contribution in [1.82, 2.24) is 10.2 Å². The number of rotatable bonds is 9. The maximum Gasteiger partial charge on any atom is 0.264 e. The molecule has 0 heterocycles. The van der Waals surface area contributed by atoms with Gasteiger partial charge in [-0.3, -0.25) is 13.9 Å². The van der Waals surface area contributed by atoms with Crippen LogP contribution < -0.4 is 9.62 Å². The lowest BCUT2D eigenvalue weighted by Crippen LogP contribution is -2.54. The van der Waals surface area contributed by atoms with E-state index in [1.54, 1.807) is 62.4 Å². The number of hydrogen-bond donors (Lipinski definition) is 1. The third-order valence-corrected chi connectivity index (χ3v) is 8.93. The first-order chi connectivity index (χ1) is 19.0. The van der Waals surface area contributed by atoms with Gasteiger partial charge < -0.3 is 10.2 Å². The van der Waals surface area contributed by atoms with Crippen LogP contribution in [-0.2, 0) is 26.2 Å². The Bertz CT molecular complexity index is 1540. The summed E-state index contributed by atoms with van der Waals surface area (Å²) in [6.07, 6.45) is 0. The maximum absolute atomic E-state index is 14.1. The first-order valence-corrected chi connectivity index (χ1v) is 15.5. The lowest BCUT2D eigenvalue weighted by atomic mass is 10.1. The van der Waals surface area contributed by atoms with Crippen molar-refractivity contribution in [2.24, 2.45) is 0 Å². The van der Waals surface area contributed by atoms with Crippen LogP contribution in [0.1, 0.15) is 44.4 Å². The summed E-state index contributed by atoms with van der Waals surface area (Å²) < 4.78 is 29.0. The number of hydrogen-bond acceptors (Lipinski definition) is 4. The van der Waals surface area contributed by atoms with Crippen LogP contribution in [0.2, 0.25) is 15.1 Å². The number of anilines is 1. The van der Waals surface area contributed by atoms with E-state index in [-0.39, 0.29) is 11.4 Å². The molecule has 3 rings (SSSR count). The Kier molecular flexibility index (Phi) is 10.4. The molecule has 41 heavy (non-hydrogen) atoms. The summed E-state index contributed by atoms with van der Waals surface area (Å²) in [5, 5.41) is 4.06. The predicted molar refractivity (Wildman–Crippen MR) is 166 cm³/mol. The fraction of sp³-hybridized carbons (Fsp3) is 0.333. The van der Waals surface area contributed by atoms with Crippen LogP contribution in [0.4, 0.5) is 5.69 Å². The predicted octanol–water partition coefficient (Wildman–Crippen LogP) is 6.79. The highest BCUT2D eigenvalue weighted by Crippen LogP contribution is 2.30. The van der Waals surface area contributed by atoms with Crippen molar-refractivity contribution >= 4 is 62.3 Å². The van der Waals surface area contributed by atoms with Gasteiger partial charge in [-0.1, -0.05) is 58.6 Å². The third-order valence-electron chi connectivity index (χ3n) is 6.34. The Morgan fingerprint density at radius 1 is 0.902 bits per heavy atom. The highest BCUT2D eigenvalue weighted by atomic mass is 35.5. The third kappa shape index (κ3) is 8.38. The Morgan fingerprint density at radius 3 is 2.05 bits per heavy atom. The Labute approximate surface area is 257 Å². The Hall–Kier alpha value is -2.78. The van der Waals surface area contributed by atoms with Crippen LogP contribution in [-0.4, -0.2) is 43.3 Å². The fourth-order valence-corrected chi connectivity index (χ4v) is 6.31. The van der Waals surface area contributed by atoms with E-state index in [9.17, 15) is 18.0 Å². The molecule has 0 spiro atoms. The zero-order valence-corrected chi connectivity index (χ0v) is 26.9. The van der Waals surface area contributed by atoms with E-state index >= 15 is 0 Å². The second-order valence-electron chi connectivity index (χ2n) is 10.9. The smallest absolute Gasteiger partial charge is 0.264 e. The molecule has 0 aliphatic carbocycles. The van der Waals surface area contributed by atoms with Gasteiger partial charge in [0.1, 0.15) is 12.6 Å². The van der Waals surface area contributed by atoms with E-state index in [1.807, 2.05) is 27.7 Å². The summed E-state index contributed by atoms with van der Waals surface area (Å²) in [4.78, 5) is 28.6.